The van der Waals surface area contributed by atoms with Crippen molar-refractivity contribution < 1.29 is 4.74 Å². The molecule has 0 saturated heterocycles. The van der Waals surface area contributed by atoms with Gasteiger partial charge in [-0.2, -0.15) is 0 Å². The summed E-state index contributed by atoms with van der Waals surface area (Å²) in [6.45, 7) is 3.44. The first-order valence-electron chi connectivity index (χ1n) is 6.68. The molecule has 1 aliphatic heterocycles. The number of benzene rings is 1. The second-order valence-electron chi connectivity index (χ2n) is 5.56. The molecule has 1 aromatic rings. The van der Waals surface area contributed by atoms with Gasteiger partial charge in [-0.05, 0) is 54.8 Å². The van der Waals surface area contributed by atoms with Crippen molar-refractivity contribution in [1.82, 2.24) is 5.32 Å². The smallest absolute Gasteiger partial charge is 0.122 e. The minimum Gasteiger partial charge on any atom is -0.496 e. The maximum atomic E-state index is 5.54. The summed E-state index contributed by atoms with van der Waals surface area (Å²) in [5, 5.41) is 3.75. The highest BCUT2D eigenvalue weighted by Crippen LogP contribution is 2.44. The first-order valence-corrected chi connectivity index (χ1v) is 6.68. The van der Waals surface area contributed by atoms with E-state index in [2.05, 4.69) is 30.4 Å². The van der Waals surface area contributed by atoms with Crippen LogP contribution < -0.4 is 10.1 Å². The number of hydrogen-bond acceptors (Lipinski definition) is 2. The van der Waals surface area contributed by atoms with Gasteiger partial charge in [0.15, 0.2) is 0 Å². The van der Waals surface area contributed by atoms with Crippen LogP contribution in [0.15, 0.2) is 18.2 Å². The van der Waals surface area contributed by atoms with E-state index in [0.717, 1.165) is 24.6 Å². The number of hydrogen-bond donors (Lipinski definition) is 1. The van der Waals surface area contributed by atoms with Gasteiger partial charge >= 0.3 is 0 Å². The molecule has 0 radical (unpaired) electrons. The van der Waals surface area contributed by atoms with E-state index in [4.69, 9.17) is 4.74 Å². The molecule has 0 aromatic heterocycles. The topological polar surface area (TPSA) is 21.3 Å². The van der Waals surface area contributed by atoms with Gasteiger partial charge in [0.2, 0.25) is 0 Å². The Morgan fingerprint density at radius 3 is 2.82 bits per heavy atom. The molecule has 0 bridgehead atoms. The van der Waals surface area contributed by atoms with E-state index in [-0.39, 0.29) is 0 Å². The van der Waals surface area contributed by atoms with E-state index in [1.807, 2.05) is 0 Å². The minimum atomic E-state index is 0.560. The van der Waals surface area contributed by atoms with E-state index in [9.17, 15) is 0 Å². The van der Waals surface area contributed by atoms with Crippen LogP contribution in [-0.4, -0.2) is 13.7 Å². The molecule has 1 N–H and O–H groups in total. The molecule has 0 spiro atoms. The average Bonchev–Trinajstić information content (AvgIpc) is 3.14. The van der Waals surface area contributed by atoms with Crippen molar-refractivity contribution in [3.63, 3.8) is 0 Å². The number of rotatable bonds is 2. The zero-order chi connectivity index (χ0) is 11.8. The molecular weight excluding hydrogens is 210 g/mol. The third-order valence-electron chi connectivity index (χ3n) is 4.06. The largest absolute Gasteiger partial charge is 0.496 e. The van der Waals surface area contributed by atoms with Crippen molar-refractivity contribution in [3.05, 3.63) is 29.3 Å². The Kier molecular flexibility index (Phi) is 2.83. The summed E-state index contributed by atoms with van der Waals surface area (Å²) < 4.78 is 5.54. The number of ether oxygens (including phenoxy) is 1. The SMILES string of the molecule is COc1cccc2c1CC(C)CNC2C1CC1. The fourth-order valence-corrected chi connectivity index (χ4v) is 2.99. The maximum Gasteiger partial charge on any atom is 0.122 e. The van der Waals surface area contributed by atoms with E-state index in [1.165, 1.54) is 24.0 Å². The Labute approximate surface area is 103 Å². The zero-order valence-corrected chi connectivity index (χ0v) is 10.7. The molecule has 1 saturated carbocycles. The fourth-order valence-electron chi connectivity index (χ4n) is 2.99. The van der Waals surface area contributed by atoms with E-state index in [1.54, 1.807) is 7.11 Å². The van der Waals surface area contributed by atoms with Crippen molar-refractivity contribution in [2.24, 2.45) is 11.8 Å². The second-order valence-corrected chi connectivity index (χ2v) is 5.56. The summed E-state index contributed by atoms with van der Waals surface area (Å²) >= 11 is 0. The molecular formula is C15H21NO. The molecule has 1 aromatic carbocycles. The van der Waals surface area contributed by atoms with Crippen molar-refractivity contribution in [3.8, 4) is 5.75 Å². The lowest BCUT2D eigenvalue weighted by molar-refractivity contribution is 0.406. The van der Waals surface area contributed by atoms with Crippen LogP contribution in [-0.2, 0) is 6.42 Å². The molecule has 17 heavy (non-hydrogen) atoms. The lowest BCUT2D eigenvalue weighted by Gasteiger charge is -2.19. The van der Waals surface area contributed by atoms with E-state index in [0.29, 0.717) is 12.0 Å². The lowest BCUT2D eigenvalue weighted by atomic mass is 9.93. The van der Waals surface area contributed by atoms with Gasteiger partial charge in [0.05, 0.1) is 7.11 Å². The highest BCUT2D eigenvalue weighted by molar-refractivity contribution is 5.43. The Morgan fingerprint density at radius 1 is 1.29 bits per heavy atom. The van der Waals surface area contributed by atoms with Gasteiger partial charge in [0.25, 0.3) is 0 Å². The molecule has 1 heterocycles. The standard InChI is InChI=1S/C15H21NO/c1-10-8-13-12(4-3-5-14(13)17-2)15(16-9-10)11-6-7-11/h3-5,10-11,15-16H,6-9H2,1-2H3. The van der Waals surface area contributed by atoms with E-state index < -0.39 is 0 Å². The Bertz CT molecular complexity index is 411. The molecule has 1 fully saturated rings. The van der Waals surface area contributed by atoms with Gasteiger partial charge in [-0.1, -0.05) is 19.1 Å². The summed E-state index contributed by atoms with van der Waals surface area (Å²) in [5.74, 6) is 2.61. The summed E-state index contributed by atoms with van der Waals surface area (Å²) in [4.78, 5) is 0. The Hall–Kier alpha value is -1.02. The van der Waals surface area contributed by atoms with Crippen LogP contribution in [0.1, 0.15) is 36.9 Å². The summed E-state index contributed by atoms with van der Waals surface area (Å²) in [6.07, 6.45) is 3.89. The molecule has 92 valence electrons. The van der Waals surface area contributed by atoms with Gasteiger partial charge in [-0.25, -0.2) is 0 Å². The summed E-state index contributed by atoms with van der Waals surface area (Å²) in [5.41, 5.74) is 2.92. The third kappa shape index (κ3) is 2.06. The fraction of sp³-hybridized carbons (Fsp3) is 0.600. The first kappa shape index (κ1) is 11.1. The summed E-state index contributed by atoms with van der Waals surface area (Å²) in [7, 11) is 1.78. The van der Waals surface area contributed by atoms with Crippen molar-refractivity contribution >= 4 is 0 Å². The second kappa shape index (κ2) is 4.34. The molecule has 3 rings (SSSR count). The predicted octanol–water partition coefficient (Wildman–Crippen LogP) is 2.93. The maximum absolute atomic E-state index is 5.54. The van der Waals surface area contributed by atoms with Crippen LogP contribution in [0.4, 0.5) is 0 Å². The molecule has 2 nitrogen and oxygen atoms in total. The van der Waals surface area contributed by atoms with Crippen LogP contribution >= 0.6 is 0 Å². The highest BCUT2D eigenvalue weighted by atomic mass is 16.5. The minimum absolute atomic E-state index is 0.560. The highest BCUT2D eigenvalue weighted by Gasteiger charge is 2.35. The monoisotopic (exact) mass is 231 g/mol. The number of fused-ring (bicyclic) bond motifs is 1. The van der Waals surface area contributed by atoms with Crippen LogP contribution in [0.2, 0.25) is 0 Å². The first-order chi connectivity index (χ1) is 8.29. The van der Waals surface area contributed by atoms with Crippen LogP contribution in [0.5, 0.6) is 5.75 Å². The average molecular weight is 231 g/mol. The molecule has 2 aliphatic rings. The lowest BCUT2D eigenvalue weighted by Crippen LogP contribution is -2.25. The summed E-state index contributed by atoms with van der Waals surface area (Å²) in [6, 6.07) is 7.07. The zero-order valence-electron chi connectivity index (χ0n) is 10.7. The van der Waals surface area contributed by atoms with Gasteiger partial charge in [0, 0.05) is 6.04 Å². The Balaban J connectivity index is 2.04. The normalized spacial score (nSPS) is 28.4. The Morgan fingerprint density at radius 2 is 2.12 bits per heavy atom. The van der Waals surface area contributed by atoms with E-state index >= 15 is 0 Å². The molecule has 2 heteroatoms. The molecule has 2 unspecified atom stereocenters. The molecule has 0 amide bonds. The van der Waals surface area contributed by atoms with Crippen molar-refractivity contribution in [1.29, 1.82) is 0 Å². The molecule has 1 aliphatic carbocycles. The number of nitrogens with one attached hydrogen (secondary N) is 1. The van der Waals surface area contributed by atoms with Crippen LogP contribution in [0.3, 0.4) is 0 Å². The third-order valence-corrected chi connectivity index (χ3v) is 4.06. The van der Waals surface area contributed by atoms with Crippen molar-refractivity contribution in [2.45, 2.75) is 32.2 Å². The van der Waals surface area contributed by atoms with Crippen LogP contribution in [0.25, 0.3) is 0 Å². The van der Waals surface area contributed by atoms with Gasteiger partial charge in [0.1, 0.15) is 5.75 Å². The predicted molar refractivity (Wildman–Crippen MR) is 69.3 cm³/mol. The van der Waals surface area contributed by atoms with Gasteiger partial charge in [-0.15, -0.1) is 0 Å². The quantitative estimate of drug-likeness (QED) is 0.845. The van der Waals surface area contributed by atoms with Gasteiger partial charge < -0.3 is 10.1 Å². The van der Waals surface area contributed by atoms with Crippen LogP contribution in [0, 0.1) is 11.8 Å². The number of methoxy groups -OCH3 is 1. The molecule has 2 atom stereocenters. The van der Waals surface area contributed by atoms with Crippen molar-refractivity contribution in [2.75, 3.05) is 13.7 Å². The van der Waals surface area contributed by atoms with Gasteiger partial charge in [-0.3, -0.25) is 0 Å².